The highest BCUT2D eigenvalue weighted by atomic mass is 16.6. The number of rotatable bonds is 32. The first-order valence-corrected chi connectivity index (χ1v) is 14.2. The van der Waals surface area contributed by atoms with Gasteiger partial charge in [-0.3, -0.25) is 4.79 Å². The van der Waals surface area contributed by atoms with Gasteiger partial charge in [-0.15, -0.1) is 0 Å². The Kier molecular flexibility index (Phi) is 27.1. The van der Waals surface area contributed by atoms with E-state index in [0.717, 1.165) is 12.8 Å². The maximum absolute atomic E-state index is 10.6. The summed E-state index contributed by atoms with van der Waals surface area (Å²) >= 11 is 0. The molecule has 1 rings (SSSR count). The molecule has 12 heteroatoms. The Morgan fingerprint density at radius 2 is 0.756 bits per heavy atom. The van der Waals surface area contributed by atoms with Crippen molar-refractivity contribution < 1.29 is 52.2 Å². The molecule has 0 aliphatic carbocycles. The number of ether oxygens (including phenoxy) is 10. The van der Waals surface area contributed by atoms with Gasteiger partial charge in [0.15, 0.2) is 0 Å². The van der Waals surface area contributed by atoms with Crippen LogP contribution in [0.5, 0.6) is 5.75 Å². The molecular formula is C29H51NO11. The Labute approximate surface area is 245 Å². The molecule has 1 aromatic rings. The summed E-state index contributed by atoms with van der Waals surface area (Å²) in [5.74, 6) is 0.707. The summed E-state index contributed by atoms with van der Waals surface area (Å²) in [4.78, 5) is 12.7. The minimum absolute atomic E-state index is 0.434. The lowest BCUT2D eigenvalue weighted by Crippen LogP contribution is -2.19. The molecule has 0 saturated carbocycles. The zero-order chi connectivity index (χ0) is 29.5. The monoisotopic (exact) mass is 589 g/mol. The van der Waals surface area contributed by atoms with Gasteiger partial charge < -0.3 is 52.3 Å². The number of hydrogen-bond acceptors (Lipinski definition) is 12. The van der Waals surface area contributed by atoms with Crippen LogP contribution in [-0.4, -0.2) is 157 Å². The van der Waals surface area contributed by atoms with E-state index in [9.17, 15) is 4.79 Å². The number of nitrogens with zero attached hydrogens (tertiary/aromatic N) is 1. The molecule has 0 radical (unpaired) electrons. The predicted octanol–water partition coefficient (Wildman–Crippen LogP) is 1.59. The van der Waals surface area contributed by atoms with Crippen LogP contribution >= 0.6 is 0 Å². The number of carbonyl (C=O) groups excluding carboxylic acids is 1. The molecule has 0 aliphatic heterocycles. The SMILES string of the molecule is CN(C)CCOCCOCCOCCOCCOCCOCCOCCOCCOCCOc1ccc(C=O)cc1. The standard InChI is InChI=1S/C29H51NO11/c1-30(2)7-8-32-9-10-33-11-12-34-13-14-35-15-16-36-17-18-37-19-20-38-21-22-39-23-24-40-25-26-41-29-5-3-28(27-31)4-6-29/h3-6,27H,7-26H2,1-2H3. The van der Waals surface area contributed by atoms with Crippen molar-refractivity contribution in [3.63, 3.8) is 0 Å². The maximum atomic E-state index is 10.6. The lowest BCUT2D eigenvalue weighted by molar-refractivity contribution is -0.0255. The largest absolute Gasteiger partial charge is 0.491 e. The molecule has 0 unspecified atom stereocenters. The molecule has 0 saturated heterocycles. The van der Waals surface area contributed by atoms with E-state index in [-0.39, 0.29) is 0 Å². The van der Waals surface area contributed by atoms with Crippen molar-refractivity contribution >= 4 is 6.29 Å². The Hall–Kier alpha value is -1.71. The Morgan fingerprint density at radius 3 is 1.05 bits per heavy atom. The number of aldehydes is 1. The minimum atomic E-state index is 0.434. The zero-order valence-electron chi connectivity index (χ0n) is 25.0. The van der Waals surface area contributed by atoms with Crippen molar-refractivity contribution in [2.24, 2.45) is 0 Å². The number of benzene rings is 1. The predicted molar refractivity (Wildman–Crippen MR) is 153 cm³/mol. The van der Waals surface area contributed by atoms with Crippen LogP contribution in [0.15, 0.2) is 24.3 Å². The summed E-state index contributed by atoms with van der Waals surface area (Å²) in [6, 6.07) is 6.94. The molecule has 0 bridgehead atoms. The minimum Gasteiger partial charge on any atom is -0.491 e. The Balaban J connectivity index is 1.65. The van der Waals surface area contributed by atoms with Gasteiger partial charge in [0.1, 0.15) is 18.6 Å². The van der Waals surface area contributed by atoms with E-state index >= 15 is 0 Å². The number of hydrogen-bond donors (Lipinski definition) is 0. The number of carbonyl (C=O) groups is 1. The van der Waals surface area contributed by atoms with Gasteiger partial charge in [0, 0.05) is 12.1 Å². The second kappa shape index (κ2) is 29.8. The van der Waals surface area contributed by atoms with Crippen LogP contribution in [0.25, 0.3) is 0 Å². The molecule has 1 aromatic carbocycles. The molecule has 0 fully saturated rings. The Morgan fingerprint density at radius 1 is 0.463 bits per heavy atom. The van der Waals surface area contributed by atoms with Gasteiger partial charge in [0.2, 0.25) is 0 Å². The van der Waals surface area contributed by atoms with E-state index in [1.165, 1.54) is 0 Å². The van der Waals surface area contributed by atoms with Crippen LogP contribution in [0.3, 0.4) is 0 Å². The number of likely N-dealkylation sites (N-methyl/N-ethyl adjacent to an activating group) is 1. The normalized spacial score (nSPS) is 11.4. The second-order valence-electron chi connectivity index (χ2n) is 8.85. The smallest absolute Gasteiger partial charge is 0.150 e. The van der Waals surface area contributed by atoms with E-state index in [2.05, 4.69) is 4.90 Å². The fourth-order valence-corrected chi connectivity index (χ4v) is 2.97. The molecule has 0 aliphatic rings. The maximum Gasteiger partial charge on any atom is 0.150 e. The van der Waals surface area contributed by atoms with E-state index in [0.29, 0.717) is 137 Å². The van der Waals surface area contributed by atoms with E-state index in [4.69, 9.17) is 47.4 Å². The molecule has 0 atom stereocenters. The van der Waals surface area contributed by atoms with Gasteiger partial charge in [0.05, 0.1) is 119 Å². The molecule has 0 spiro atoms. The molecule has 0 amide bonds. The van der Waals surface area contributed by atoms with E-state index in [1.54, 1.807) is 24.3 Å². The van der Waals surface area contributed by atoms with Gasteiger partial charge in [-0.05, 0) is 38.4 Å². The first-order valence-electron chi connectivity index (χ1n) is 14.2. The van der Waals surface area contributed by atoms with Crippen LogP contribution in [-0.2, 0) is 42.6 Å². The van der Waals surface area contributed by atoms with Crippen molar-refractivity contribution in [3.8, 4) is 5.75 Å². The summed E-state index contributed by atoms with van der Waals surface area (Å²) in [6.07, 6.45) is 0.799. The zero-order valence-corrected chi connectivity index (χ0v) is 25.0. The van der Waals surface area contributed by atoms with E-state index < -0.39 is 0 Å². The molecule has 0 heterocycles. The van der Waals surface area contributed by atoms with Crippen LogP contribution in [0.1, 0.15) is 10.4 Å². The third-order valence-electron chi connectivity index (χ3n) is 5.17. The van der Waals surface area contributed by atoms with Gasteiger partial charge in [-0.25, -0.2) is 0 Å². The molecule has 12 nitrogen and oxygen atoms in total. The molecule has 0 N–H and O–H groups in total. The highest BCUT2D eigenvalue weighted by molar-refractivity contribution is 5.74. The highest BCUT2D eigenvalue weighted by Crippen LogP contribution is 2.10. The first kappa shape index (κ1) is 37.3. The summed E-state index contributed by atoms with van der Waals surface area (Å²) in [5, 5.41) is 0. The van der Waals surface area contributed by atoms with Crippen molar-refractivity contribution in [3.05, 3.63) is 29.8 Å². The molecule has 238 valence electrons. The second-order valence-corrected chi connectivity index (χ2v) is 8.85. The van der Waals surface area contributed by atoms with Crippen molar-refractivity contribution in [1.29, 1.82) is 0 Å². The van der Waals surface area contributed by atoms with E-state index in [1.807, 2.05) is 14.1 Å². The van der Waals surface area contributed by atoms with Gasteiger partial charge in [0.25, 0.3) is 0 Å². The Bertz CT molecular complexity index is 679. The quantitative estimate of drug-likeness (QED) is 0.0899. The van der Waals surface area contributed by atoms with Crippen LogP contribution in [0.4, 0.5) is 0 Å². The fraction of sp³-hybridized carbons (Fsp3) is 0.759. The molecular weight excluding hydrogens is 538 g/mol. The summed E-state index contributed by atoms with van der Waals surface area (Å²) in [6.45, 7) is 10.9. The lowest BCUT2D eigenvalue weighted by atomic mass is 10.2. The summed E-state index contributed by atoms with van der Waals surface area (Å²) in [7, 11) is 4.04. The molecule has 41 heavy (non-hydrogen) atoms. The average molecular weight is 590 g/mol. The fourth-order valence-electron chi connectivity index (χ4n) is 2.97. The average Bonchev–Trinajstić information content (AvgIpc) is 2.98. The summed E-state index contributed by atoms with van der Waals surface area (Å²) in [5.41, 5.74) is 0.620. The van der Waals surface area contributed by atoms with Gasteiger partial charge >= 0.3 is 0 Å². The molecule has 0 aromatic heterocycles. The first-order chi connectivity index (χ1) is 20.2. The summed E-state index contributed by atoms with van der Waals surface area (Å²) < 4.78 is 54.6. The van der Waals surface area contributed by atoms with Gasteiger partial charge in [-0.1, -0.05) is 0 Å². The third kappa shape index (κ3) is 26.9. The van der Waals surface area contributed by atoms with Gasteiger partial charge in [-0.2, -0.15) is 0 Å². The van der Waals surface area contributed by atoms with Crippen molar-refractivity contribution in [2.75, 3.05) is 146 Å². The highest BCUT2D eigenvalue weighted by Gasteiger charge is 1.97. The van der Waals surface area contributed by atoms with Crippen molar-refractivity contribution in [1.82, 2.24) is 4.90 Å². The third-order valence-corrected chi connectivity index (χ3v) is 5.17. The van der Waals surface area contributed by atoms with Crippen molar-refractivity contribution in [2.45, 2.75) is 0 Å². The van der Waals surface area contributed by atoms with Crippen LogP contribution in [0, 0.1) is 0 Å². The van der Waals surface area contributed by atoms with Crippen LogP contribution in [0.2, 0.25) is 0 Å². The van der Waals surface area contributed by atoms with Crippen LogP contribution < -0.4 is 4.74 Å². The lowest BCUT2D eigenvalue weighted by Gasteiger charge is -2.10. The topological polar surface area (TPSA) is 113 Å².